The fraction of sp³-hybridized carbons (Fsp3) is 0.238. The molecule has 0 unspecified atom stereocenters. The van der Waals surface area contributed by atoms with Gasteiger partial charge in [0.15, 0.2) is 10.9 Å². The Bertz CT molecular complexity index is 1070. The van der Waals surface area contributed by atoms with E-state index in [2.05, 4.69) is 20.3 Å². The highest BCUT2D eigenvalue weighted by atomic mass is 32.2. The topological polar surface area (TPSA) is 67.8 Å². The van der Waals surface area contributed by atoms with E-state index in [1.807, 2.05) is 18.2 Å². The predicted octanol–water partition coefficient (Wildman–Crippen LogP) is 4.06. The van der Waals surface area contributed by atoms with Crippen LogP contribution in [-0.2, 0) is 30.4 Å². The van der Waals surface area contributed by atoms with Crippen molar-refractivity contribution in [3.8, 4) is 11.3 Å². The Labute approximate surface area is 175 Å². The number of nitrogens with zero attached hydrogens (tertiary/aromatic N) is 3. The van der Waals surface area contributed by atoms with Crippen LogP contribution in [0.5, 0.6) is 0 Å². The number of hydrogen-bond acceptors (Lipinski definition) is 5. The molecule has 1 aromatic carbocycles. The number of aryl methyl sites for hydroxylation is 1. The minimum Gasteiger partial charge on any atom is -0.351 e. The van der Waals surface area contributed by atoms with Crippen molar-refractivity contribution in [3.63, 3.8) is 0 Å². The molecule has 0 radical (unpaired) electrons. The van der Waals surface area contributed by atoms with Gasteiger partial charge in [0.05, 0.1) is 11.4 Å². The Kier molecular flexibility index (Phi) is 5.72. The van der Waals surface area contributed by atoms with Crippen LogP contribution in [0.25, 0.3) is 11.3 Å². The van der Waals surface area contributed by atoms with Crippen molar-refractivity contribution in [2.24, 2.45) is 0 Å². The van der Waals surface area contributed by atoms with Crippen molar-refractivity contribution in [3.05, 3.63) is 71.2 Å². The number of halogens is 3. The summed E-state index contributed by atoms with van der Waals surface area (Å²) in [5.41, 5.74) is 1.98. The largest absolute Gasteiger partial charge is 0.433 e. The summed E-state index contributed by atoms with van der Waals surface area (Å²) in [4.78, 5) is 24.2. The van der Waals surface area contributed by atoms with Gasteiger partial charge in [0.25, 0.3) is 0 Å². The molecule has 2 aromatic heterocycles. The summed E-state index contributed by atoms with van der Waals surface area (Å²) in [5.74, 6) is -0.406. The van der Waals surface area contributed by atoms with Crippen LogP contribution >= 0.6 is 11.8 Å². The highest BCUT2D eigenvalue weighted by molar-refractivity contribution is 7.99. The second-order valence-electron chi connectivity index (χ2n) is 6.76. The molecule has 154 valence electrons. The number of thioether (sulfide) groups is 1. The lowest BCUT2D eigenvalue weighted by atomic mass is 9.88. The van der Waals surface area contributed by atoms with Crippen LogP contribution in [0.4, 0.5) is 13.2 Å². The lowest BCUT2D eigenvalue weighted by Gasteiger charge is -2.22. The molecule has 3 aromatic rings. The third-order valence-electron chi connectivity index (χ3n) is 4.72. The number of carbonyl (C=O) groups is 1. The van der Waals surface area contributed by atoms with Crippen molar-refractivity contribution >= 4 is 17.7 Å². The highest BCUT2D eigenvalue weighted by Crippen LogP contribution is 2.40. The molecule has 1 aliphatic rings. The minimum absolute atomic E-state index is 0.0608. The second-order valence-corrected chi connectivity index (χ2v) is 7.71. The molecule has 0 saturated heterocycles. The molecule has 5 nitrogen and oxygen atoms in total. The predicted molar refractivity (Wildman–Crippen MR) is 107 cm³/mol. The lowest BCUT2D eigenvalue weighted by molar-refractivity contribution is -0.142. The van der Waals surface area contributed by atoms with Gasteiger partial charge in [-0.1, -0.05) is 42.1 Å². The van der Waals surface area contributed by atoms with E-state index in [4.69, 9.17) is 0 Å². The van der Waals surface area contributed by atoms with E-state index in [9.17, 15) is 18.0 Å². The van der Waals surface area contributed by atoms with E-state index in [0.717, 1.165) is 22.9 Å². The molecule has 0 fully saturated rings. The zero-order chi connectivity index (χ0) is 21.1. The van der Waals surface area contributed by atoms with Crippen LogP contribution in [0.15, 0.2) is 53.9 Å². The standard InChI is InChI=1S/C21H17F3N4OS/c22-21(23,24)19-16-8-7-14-5-1-2-6-15(14)18(16)27-20(28-19)30-12-17(29)26-11-13-4-3-9-25-10-13/h1-6,9-10H,7-8,11-12H2,(H,26,29). The van der Waals surface area contributed by atoms with Crippen molar-refractivity contribution in [2.45, 2.75) is 30.7 Å². The third kappa shape index (κ3) is 4.46. The summed E-state index contributed by atoms with van der Waals surface area (Å²) in [5, 5.41) is 2.65. The number of rotatable bonds is 5. The van der Waals surface area contributed by atoms with Crippen LogP contribution in [-0.4, -0.2) is 26.6 Å². The summed E-state index contributed by atoms with van der Waals surface area (Å²) in [6.07, 6.45) is -0.578. The first-order chi connectivity index (χ1) is 14.4. The van der Waals surface area contributed by atoms with E-state index >= 15 is 0 Å². The summed E-state index contributed by atoms with van der Waals surface area (Å²) >= 11 is 0.892. The Hall–Kier alpha value is -2.94. The molecule has 30 heavy (non-hydrogen) atoms. The smallest absolute Gasteiger partial charge is 0.351 e. The average Bonchev–Trinajstić information content (AvgIpc) is 2.75. The fourth-order valence-electron chi connectivity index (χ4n) is 3.34. The van der Waals surface area contributed by atoms with Crippen molar-refractivity contribution < 1.29 is 18.0 Å². The molecule has 2 heterocycles. The number of hydrogen-bond donors (Lipinski definition) is 1. The Morgan fingerprint density at radius 2 is 1.93 bits per heavy atom. The number of pyridine rings is 1. The van der Waals surface area contributed by atoms with Crippen LogP contribution < -0.4 is 5.32 Å². The second kappa shape index (κ2) is 8.43. The fourth-order valence-corrected chi connectivity index (χ4v) is 4.01. The van der Waals surface area contributed by atoms with Crippen LogP contribution in [0.3, 0.4) is 0 Å². The number of carbonyl (C=O) groups excluding carboxylic acids is 1. The van der Waals surface area contributed by atoms with Gasteiger partial charge >= 0.3 is 6.18 Å². The number of fused-ring (bicyclic) bond motifs is 3. The van der Waals surface area contributed by atoms with Crippen molar-refractivity contribution in [2.75, 3.05) is 5.75 Å². The SMILES string of the molecule is O=C(CSc1nc2c(c(C(F)(F)F)n1)CCc1ccccc1-2)NCc1cccnc1. The monoisotopic (exact) mass is 430 g/mol. The summed E-state index contributed by atoms with van der Waals surface area (Å²) in [6, 6.07) is 10.9. The van der Waals surface area contributed by atoms with Crippen molar-refractivity contribution in [1.29, 1.82) is 0 Å². The molecule has 0 spiro atoms. The quantitative estimate of drug-likeness (QED) is 0.488. The van der Waals surface area contributed by atoms with E-state index in [0.29, 0.717) is 24.2 Å². The lowest BCUT2D eigenvalue weighted by Crippen LogP contribution is -2.25. The van der Waals surface area contributed by atoms with Crippen LogP contribution in [0.2, 0.25) is 0 Å². The average molecular weight is 430 g/mol. The molecule has 0 saturated carbocycles. The van der Waals surface area contributed by atoms with Gasteiger partial charge in [-0.3, -0.25) is 9.78 Å². The van der Waals surface area contributed by atoms with Gasteiger partial charge in [-0.05, 0) is 30.0 Å². The first-order valence-electron chi connectivity index (χ1n) is 9.26. The Morgan fingerprint density at radius 3 is 2.70 bits per heavy atom. The van der Waals surface area contributed by atoms with E-state index in [1.165, 1.54) is 0 Å². The first kappa shape index (κ1) is 20.3. The van der Waals surface area contributed by atoms with E-state index in [1.54, 1.807) is 30.6 Å². The molecular formula is C21H17F3N4OS. The number of aromatic nitrogens is 3. The van der Waals surface area contributed by atoms with Crippen LogP contribution in [0, 0.1) is 0 Å². The highest BCUT2D eigenvalue weighted by Gasteiger charge is 2.38. The van der Waals surface area contributed by atoms with E-state index < -0.39 is 11.9 Å². The normalized spacial score (nSPS) is 12.8. The maximum absolute atomic E-state index is 13.7. The molecule has 1 amide bonds. The molecule has 9 heteroatoms. The van der Waals surface area contributed by atoms with E-state index in [-0.39, 0.29) is 28.8 Å². The van der Waals surface area contributed by atoms with Gasteiger partial charge in [-0.15, -0.1) is 0 Å². The maximum Gasteiger partial charge on any atom is 0.433 e. The first-order valence-corrected chi connectivity index (χ1v) is 10.2. The van der Waals surface area contributed by atoms with Crippen LogP contribution in [0.1, 0.15) is 22.4 Å². The van der Waals surface area contributed by atoms with Gasteiger partial charge in [-0.2, -0.15) is 13.2 Å². The summed E-state index contributed by atoms with van der Waals surface area (Å²) in [7, 11) is 0. The van der Waals surface area contributed by atoms with Gasteiger partial charge < -0.3 is 5.32 Å². The number of nitrogens with one attached hydrogen (secondary N) is 1. The maximum atomic E-state index is 13.7. The molecule has 1 N–H and O–H groups in total. The van der Waals surface area contributed by atoms with Gasteiger partial charge in [0.2, 0.25) is 5.91 Å². The Morgan fingerprint density at radius 1 is 1.10 bits per heavy atom. The third-order valence-corrected chi connectivity index (χ3v) is 5.56. The van der Waals surface area contributed by atoms with Gasteiger partial charge in [0.1, 0.15) is 0 Å². The van der Waals surface area contributed by atoms with Gasteiger partial charge in [0, 0.05) is 30.1 Å². The molecule has 0 atom stereocenters. The zero-order valence-corrected chi connectivity index (χ0v) is 16.6. The Balaban J connectivity index is 1.55. The molecule has 1 aliphatic carbocycles. The zero-order valence-electron chi connectivity index (χ0n) is 15.7. The molecular weight excluding hydrogens is 413 g/mol. The molecule has 0 bridgehead atoms. The summed E-state index contributed by atoms with van der Waals surface area (Å²) in [6.45, 7) is 0.291. The molecule has 0 aliphatic heterocycles. The number of benzene rings is 1. The van der Waals surface area contributed by atoms with Gasteiger partial charge in [-0.25, -0.2) is 9.97 Å². The summed E-state index contributed by atoms with van der Waals surface area (Å²) < 4.78 is 41.0. The number of amides is 1. The minimum atomic E-state index is -4.59. The number of alkyl halides is 3. The molecule has 4 rings (SSSR count). The van der Waals surface area contributed by atoms with Crippen molar-refractivity contribution in [1.82, 2.24) is 20.3 Å².